The first-order chi connectivity index (χ1) is 6.07. The molecule has 2 heteroatoms. The molecule has 1 nitrogen and oxygen atoms in total. The maximum atomic E-state index is 8.76. The van der Waals surface area contributed by atoms with Gasteiger partial charge in [0.2, 0.25) is 0 Å². The normalized spacial score (nSPS) is 10.2. The molecular weight excluding hydrogens is 182 g/mol. The lowest BCUT2D eigenvalue weighted by molar-refractivity contribution is 0.865. The van der Waals surface area contributed by atoms with E-state index in [9.17, 15) is 0 Å². The zero-order chi connectivity index (χ0) is 10.0. The van der Waals surface area contributed by atoms with Crippen LogP contribution in [0.5, 0.6) is 0 Å². The van der Waals surface area contributed by atoms with Gasteiger partial charge in [-0.25, -0.2) is 0 Å². The van der Waals surface area contributed by atoms with Crippen LogP contribution in [0.2, 0.25) is 5.02 Å². The molecule has 1 aromatic rings. The first kappa shape index (κ1) is 10.1. The van der Waals surface area contributed by atoms with Crippen LogP contribution in [0.25, 0.3) is 0 Å². The summed E-state index contributed by atoms with van der Waals surface area (Å²) < 4.78 is 0. The summed E-state index contributed by atoms with van der Waals surface area (Å²) in [5, 5.41) is 9.49. The topological polar surface area (TPSA) is 23.8 Å². The fourth-order valence-corrected chi connectivity index (χ4v) is 1.66. The van der Waals surface area contributed by atoms with Gasteiger partial charge in [0.15, 0.2) is 0 Å². The predicted octanol–water partition coefficient (Wildman–Crippen LogP) is 3.64. The average molecular weight is 194 g/mol. The Hall–Kier alpha value is -1.00. The number of halogens is 1. The van der Waals surface area contributed by atoms with E-state index in [1.165, 1.54) is 0 Å². The van der Waals surface area contributed by atoms with Gasteiger partial charge in [0.1, 0.15) is 0 Å². The molecule has 0 amide bonds. The Labute approximate surface area is 84.0 Å². The highest BCUT2D eigenvalue weighted by Crippen LogP contribution is 2.28. The molecule has 0 bridgehead atoms. The lowest BCUT2D eigenvalue weighted by Crippen LogP contribution is -1.93. The summed E-state index contributed by atoms with van der Waals surface area (Å²) in [5.41, 5.74) is 2.66. The number of hydrogen-bond acceptors (Lipinski definition) is 1. The number of nitrogens with zero attached hydrogens (tertiary/aromatic N) is 1. The van der Waals surface area contributed by atoms with E-state index in [1.54, 1.807) is 0 Å². The molecule has 13 heavy (non-hydrogen) atoms. The maximum absolute atomic E-state index is 8.76. The number of rotatable bonds is 1. The highest BCUT2D eigenvalue weighted by atomic mass is 35.5. The van der Waals surface area contributed by atoms with E-state index in [1.807, 2.05) is 19.1 Å². The van der Waals surface area contributed by atoms with Crippen molar-refractivity contribution in [1.82, 2.24) is 0 Å². The summed E-state index contributed by atoms with van der Waals surface area (Å²) in [5.74, 6) is 0.402. The summed E-state index contributed by atoms with van der Waals surface area (Å²) in [4.78, 5) is 0. The molecule has 0 saturated carbocycles. The fourth-order valence-electron chi connectivity index (χ4n) is 1.27. The average Bonchev–Trinajstić information content (AvgIpc) is 2.09. The molecule has 1 rings (SSSR count). The van der Waals surface area contributed by atoms with Crippen LogP contribution in [0.15, 0.2) is 12.1 Å². The van der Waals surface area contributed by atoms with Crippen molar-refractivity contribution >= 4 is 11.6 Å². The second kappa shape index (κ2) is 3.81. The number of hydrogen-bond donors (Lipinski definition) is 0. The van der Waals surface area contributed by atoms with Gasteiger partial charge in [0.25, 0.3) is 0 Å². The molecule has 0 atom stereocenters. The number of nitriles is 1. The molecule has 0 heterocycles. The molecule has 0 aromatic heterocycles. The highest BCUT2D eigenvalue weighted by molar-refractivity contribution is 6.32. The van der Waals surface area contributed by atoms with Crippen LogP contribution in [0.1, 0.15) is 36.5 Å². The Morgan fingerprint density at radius 3 is 2.46 bits per heavy atom. The minimum absolute atomic E-state index is 0.402. The molecule has 0 unspecified atom stereocenters. The van der Waals surface area contributed by atoms with Crippen LogP contribution < -0.4 is 0 Å². The monoisotopic (exact) mass is 193 g/mol. The third-order valence-electron chi connectivity index (χ3n) is 2.16. The summed E-state index contributed by atoms with van der Waals surface area (Å²) in [6, 6.07) is 5.88. The predicted molar refractivity (Wildman–Crippen MR) is 55.0 cm³/mol. The van der Waals surface area contributed by atoms with Crippen LogP contribution >= 0.6 is 11.6 Å². The summed E-state index contributed by atoms with van der Waals surface area (Å²) in [6.45, 7) is 6.06. The van der Waals surface area contributed by atoms with E-state index in [4.69, 9.17) is 16.9 Å². The van der Waals surface area contributed by atoms with E-state index in [-0.39, 0.29) is 0 Å². The highest BCUT2D eigenvalue weighted by Gasteiger charge is 2.09. The van der Waals surface area contributed by atoms with Crippen molar-refractivity contribution in [2.75, 3.05) is 0 Å². The van der Waals surface area contributed by atoms with E-state index in [0.717, 1.165) is 16.1 Å². The Bertz CT molecular complexity index is 361. The molecular formula is C11H12ClN. The Morgan fingerprint density at radius 1 is 1.38 bits per heavy atom. The molecule has 0 aliphatic rings. The van der Waals surface area contributed by atoms with Crippen molar-refractivity contribution in [3.63, 3.8) is 0 Å². The van der Waals surface area contributed by atoms with Gasteiger partial charge < -0.3 is 0 Å². The Balaban J connectivity index is 3.33. The minimum atomic E-state index is 0.402. The largest absolute Gasteiger partial charge is 0.192 e. The van der Waals surface area contributed by atoms with Gasteiger partial charge in [-0.3, -0.25) is 0 Å². The van der Waals surface area contributed by atoms with Crippen molar-refractivity contribution in [3.8, 4) is 6.07 Å². The Morgan fingerprint density at radius 2 is 2.00 bits per heavy atom. The van der Waals surface area contributed by atoms with Crippen molar-refractivity contribution in [2.24, 2.45) is 0 Å². The van der Waals surface area contributed by atoms with Crippen LogP contribution in [0, 0.1) is 18.3 Å². The first-order valence-electron chi connectivity index (χ1n) is 4.27. The fraction of sp³-hybridized carbons (Fsp3) is 0.364. The Kier molecular flexibility index (Phi) is 2.95. The first-order valence-corrected chi connectivity index (χ1v) is 4.64. The molecule has 0 aliphatic carbocycles. The maximum Gasteiger partial charge on any atom is 0.0994 e. The smallest absolute Gasteiger partial charge is 0.0994 e. The zero-order valence-corrected chi connectivity index (χ0v) is 8.81. The van der Waals surface area contributed by atoms with Gasteiger partial charge in [-0.15, -0.1) is 0 Å². The molecule has 0 saturated heterocycles. The van der Waals surface area contributed by atoms with Gasteiger partial charge >= 0.3 is 0 Å². The van der Waals surface area contributed by atoms with Gasteiger partial charge in [-0.05, 0) is 30.0 Å². The van der Waals surface area contributed by atoms with Crippen molar-refractivity contribution in [2.45, 2.75) is 26.7 Å². The third kappa shape index (κ3) is 1.84. The van der Waals surface area contributed by atoms with Gasteiger partial charge in [-0.2, -0.15) is 5.26 Å². The van der Waals surface area contributed by atoms with Crippen molar-refractivity contribution < 1.29 is 0 Å². The van der Waals surface area contributed by atoms with Gasteiger partial charge in [-0.1, -0.05) is 31.5 Å². The lowest BCUT2D eigenvalue weighted by atomic mass is 9.98. The summed E-state index contributed by atoms with van der Waals surface area (Å²) in [6.07, 6.45) is 0. The molecule has 0 aliphatic heterocycles. The van der Waals surface area contributed by atoms with Crippen LogP contribution in [-0.4, -0.2) is 0 Å². The van der Waals surface area contributed by atoms with E-state index in [0.29, 0.717) is 11.5 Å². The third-order valence-corrected chi connectivity index (χ3v) is 2.66. The molecule has 68 valence electrons. The molecule has 1 aromatic carbocycles. The second-order valence-electron chi connectivity index (χ2n) is 3.41. The van der Waals surface area contributed by atoms with Gasteiger partial charge in [0, 0.05) is 5.02 Å². The zero-order valence-electron chi connectivity index (χ0n) is 8.06. The van der Waals surface area contributed by atoms with Crippen LogP contribution in [0.3, 0.4) is 0 Å². The van der Waals surface area contributed by atoms with Crippen LogP contribution in [-0.2, 0) is 0 Å². The van der Waals surface area contributed by atoms with E-state index < -0.39 is 0 Å². The molecule has 0 N–H and O–H groups in total. The van der Waals surface area contributed by atoms with Crippen molar-refractivity contribution in [1.29, 1.82) is 5.26 Å². The SMILES string of the molecule is Cc1c(C#N)ccc(C(C)C)c1Cl. The van der Waals surface area contributed by atoms with Crippen molar-refractivity contribution in [3.05, 3.63) is 33.8 Å². The minimum Gasteiger partial charge on any atom is -0.192 e. The molecule has 0 fully saturated rings. The quantitative estimate of drug-likeness (QED) is 0.668. The number of benzene rings is 1. The second-order valence-corrected chi connectivity index (χ2v) is 3.79. The molecule has 0 radical (unpaired) electrons. The van der Waals surface area contributed by atoms with E-state index >= 15 is 0 Å². The summed E-state index contributed by atoms with van der Waals surface area (Å²) in [7, 11) is 0. The van der Waals surface area contributed by atoms with Crippen LogP contribution in [0.4, 0.5) is 0 Å². The van der Waals surface area contributed by atoms with E-state index in [2.05, 4.69) is 19.9 Å². The van der Waals surface area contributed by atoms with Gasteiger partial charge in [0.05, 0.1) is 11.6 Å². The standard InChI is InChI=1S/C11H12ClN/c1-7(2)10-5-4-9(6-13)8(3)11(10)12/h4-5,7H,1-3H3. The summed E-state index contributed by atoms with van der Waals surface area (Å²) >= 11 is 6.12. The lowest BCUT2D eigenvalue weighted by Gasteiger charge is -2.10. The molecule has 0 spiro atoms.